The first-order valence-corrected chi connectivity index (χ1v) is 9.82. The van der Waals surface area contributed by atoms with Gasteiger partial charge in [-0.15, -0.1) is 0 Å². The predicted molar refractivity (Wildman–Crippen MR) is 109 cm³/mol. The summed E-state index contributed by atoms with van der Waals surface area (Å²) in [6, 6.07) is 4.33. The van der Waals surface area contributed by atoms with Crippen molar-refractivity contribution in [2.75, 3.05) is 20.1 Å². The first-order valence-electron chi connectivity index (χ1n) is 9.82. The first-order chi connectivity index (χ1) is 14.2. The van der Waals surface area contributed by atoms with Gasteiger partial charge in [-0.3, -0.25) is 4.79 Å². The number of phenols is 2. The Bertz CT molecular complexity index is 1160. The second-order valence-corrected chi connectivity index (χ2v) is 8.01. The quantitative estimate of drug-likeness (QED) is 0.513. The summed E-state index contributed by atoms with van der Waals surface area (Å²) >= 11 is 0. The van der Waals surface area contributed by atoms with Gasteiger partial charge in [-0.2, -0.15) is 0 Å². The topological polar surface area (TPSA) is 128 Å². The summed E-state index contributed by atoms with van der Waals surface area (Å²) in [4.78, 5) is 15.3. The number of benzene rings is 1. The number of aliphatic hydroxyl groups excluding tert-OH is 2. The Morgan fingerprint density at radius 1 is 1.17 bits per heavy atom. The van der Waals surface area contributed by atoms with Crippen molar-refractivity contribution in [1.82, 2.24) is 4.90 Å². The molecule has 30 heavy (non-hydrogen) atoms. The van der Waals surface area contributed by atoms with E-state index >= 15 is 0 Å². The summed E-state index contributed by atoms with van der Waals surface area (Å²) in [5.74, 6) is -0.250. The van der Waals surface area contributed by atoms with E-state index in [1.54, 1.807) is 19.1 Å². The molecule has 4 N–H and O–H groups in total. The van der Waals surface area contributed by atoms with Crippen LogP contribution in [0.5, 0.6) is 11.5 Å². The zero-order chi connectivity index (χ0) is 21.7. The zero-order valence-corrected chi connectivity index (χ0v) is 17.0. The van der Waals surface area contributed by atoms with Gasteiger partial charge >= 0.3 is 0 Å². The Morgan fingerprint density at radius 3 is 2.53 bits per heavy atom. The molecule has 0 aliphatic carbocycles. The number of fused-ring (bicyclic) bond motifs is 1. The number of hydrogen-bond donors (Lipinski definition) is 4. The van der Waals surface area contributed by atoms with E-state index in [1.165, 1.54) is 6.92 Å². The van der Waals surface area contributed by atoms with Crippen LogP contribution in [-0.2, 0) is 0 Å². The largest absolute Gasteiger partial charge is 0.507 e. The van der Waals surface area contributed by atoms with Crippen LogP contribution in [0.15, 0.2) is 31.8 Å². The van der Waals surface area contributed by atoms with Crippen molar-refractivity contribution >= 4 is 11.0 Å². The summed E-state index contributed by atoms with van der Waals surface area (Å²) in [6.45, 7) is 4.36. The van der Waals surface area contributed by atoms with E-state index in [0.29, 0.717) is 30.8 Å². The summed E-state index contributed by atoms with van der Waals surface area (Å²) in [5, 5.41) is 42.2. The number of aryl methyl sites for hydroxylation is 2. The fraction of sp³-hybridized carbons (Fsp3) is 0.409. The van der Waals surface area contributed by atoms with Gasteiger partial charge in [0, 0.05) is 24.1 Å². The molecule has 0 amide bonds. The minimum Gasteiger partial charge on any atom is -0.507 e. The summed E-state index contributed by atoms with van der Waals surface area (Å²) in [5.41, 5.74) is -0.349. The maximum Gasteiger partial charge on any atom is 0.203 e. The smallest absolute Gasteiger partial charge is 0.203 e. The third-order valence-corrected chi connectivity index (χ3v) is 5.84. The van der Waals surface area contributed by atoms with Gasteiger partial charge in [0.05, 0.1) is 11.7 Å². The normalized spacial score (nSPS) is 21.2. The summed E-state index contributed by atoms with van der Waals surface area (Å²) in [6.07, 6.45) is -1.60. The Balaban J connectivity index is 1.94. The average molecular weight is 415 g/mol. The fourth-order valence-corrected chi connectivity index (χ4v) is 4.32. The van der Waals surface area contributed by atoms with Crippen molar-refractivity contribution in [3.63, 3.8) is 0 Å². The monoisotopic (exact) mass is 415 g/mol. The van der Waals surface area contributed by atoms with E-state index in [1.807, 2.05) is 11.9 Å². The molecule has 2 aromatic heterocycles. The van der Waals surface area contributed by atoms with Crippen LogP contribution in [0.3, 0.4) is 0 Å². The van der Waals surface area contributed by atoms with Crippen molar-refractivity contribution in [3.05, 3.63) is 56.8 Å². The fourth-order valence-electron chi connectivity index (χ4n) is 4.32. The molecule has 3 atom stereocenters. The first kappa shape index (κ1) is 20.5. The number of likely N-dealkylation sites (tertiary alicyclic amines) is 1. The highest BCUT2D eigenvalue weighted by molar-refractivity contribution is 5.89. The van der Waals surface area contributed by atoms with Gasteiger partial charge in [0.15, 0.2) is 0 Å². The summed E-state index contributed by atoms with van der Waals surface area (Å²) in [7, 11) is 1.89. The molecule has 1 aliphatic heterocycles. The zero-order valence-electron chi connectivity index (χ0n) is 17.0. The molecular weight excluding hydrogens is 390 g/mol. The number of aromatic hydroxyl groups is 2. The molecule has 1 aliphatic rings. The van der Waals surface area contributed by atoms with Gasteiger partial charge in [-0.1, -0.05) is 0 Å². The van der Waals surface area contributed by atoms with Crippen LogP contribution in [0.4, 0.5) is 0 Å². The van der Waals surface area contributed by atoms with Crippen molar-refractivity contribution in [2.24, 2.45) is 0 Å². The SMILES string of the molecule is Cc1ccc(C(O)c2c(C)oc3c(C4CCN(C)CC4O)c(O)cc(O)c3c2=O)o1. The standard InChI is InChI=1S/C22H25NO7/c1-10-4-5-16(29-10)20(27)17-11(2)30-22-18(12-6-7-23(3)9-15(12)26)13(24)8-14(25)19(22)21(17)28/h4-5,8,12,15,20,24-27H,6-7,9H2,1-3H3. The molecule has 160 valence electrons. The number of β-amino-alcohol motifs (C(OH)–C–C–N with tert-alkyl or cyclic N) is 1. The minimum absolute atomic E-state index is 0.0233. The Hall–Kier alpha value is -2.81. The number of piperidine rings is 1. The van der Waals surface area contributed by atoms with Crippen molar-refractivity contribution in [2.45, 2.75) is 38.4 Å². The van der Waals surface area contributed by atoms with Crippen LogP contribution in [0.25, 0.3) is 11.0 Å². The molecule has 0 radical (unpaired) electrons. The minimum atomic E-state index is -1.37. The lowest BCUT2D eigenvalue weighted by molar-refractivity contribution is 0.0630. The molecule has 1 aromatic carbocycles. The van der Waals surface area contributed by atoms with Crippen molar-refractivity contribution < 1.29 is 29.3 Å². The summed E-state index contributed by atoms with van der Waals surface area (Å²) < 4.78 is 11.3. The number of likely N-dealkylation sites (N-methyl/N-ethyl adjacent to an activating group) is 1. The van der Waals surface area contributed by atoms with E-state index in [-0.39, 0.29) is 33.8 Å². The van der Waals surface area contributed by atoms with Crippen molar-refractivity contribution in [3.8, 4) is 11.5 Å². The number of phenolic OH excluding ortho intramolecular Hbond substituents is 2. The second-order valence-electron chi connectivity index (χ2n) is 8.01. The van der Waals surface area contributed by atoms with E-state index in [9.17, 15) is 25.2 Å². The van der Waals surface area contributed by atoms with E-state index < -0.39 is 29.3 Å². The van der Waals surface area contributed by atoms with Crippen LogP contribution in [0.1, 0.15) is 46.9 Å². The lowest BCUT2D eigenvalue weighted by Gasteiger charge is -2.34. The highest BCUT2D eigenvalue weighted by Gasteiger charge is 2.34. The number of hydrogen-bond acceptors (Lipinski definition) is 8. The molecule has 0 bridgehead atoms. The van der Waals surface area contributed by atoms with Gasteiger partial charge in [0.2, 0.25) is 5.43 Å². The molecule has 0 saturated carbocycles. The van der Waals surface area contributed by atoms with Crippen LogP contribution >= 0.6 is 0 Å². The van der Waals surface area contributed by atoms with Crippen LogP contribution in [-0.4, -0.2) is 51.6 Å². The second kappa shape index (κ2) is 7.46. The van der Waals surface area contributed by atoms with E-state index in [0.717, 1.165) is 6.07 Å². The lowest BCUT2D eigenvalue weighted by Crippen LogP contribution is -2.40. The van der Waals surface area contributed by atoms with E-state index in [2.05, 4.69) is 0 Å². The van der Waals surface area contributed by atoms with Gasteiger partial charge < -0.3 is 34.2 Å². The number of furan rings is 1. The lowest BCUT2D eigenvalue weighted by atomic mass is 9.85. The van der Waals surface area contributed by atoms with Gasteiger partial charge in [-0.25, -0.2) is 0 Å². The third kappa shape index (κ3) is 3.27. The van der Waals surface area contributed by atoms with Crippen molar-refractivity contribution in [1.29, 1.82) is 0 Å². The number of aliphatic hydroxyl groups is 2. The molecule has 3 aromatic rings. The molecule has 8 nitrogen and oxygen atoms in total. The third-order valence-electron chi connectivity index (χ3n) is 5.84. The predicted octanol–water partition coefficient (Wildman–Crippen LogP) is 2.28. The molecule has 0 spiro atoms. The number of rotatable bonds is 3. The molecular formula is C22H25NO7. The Kier molecular flexibility index (Phi) is 5.09. The molecule has 3 heterocycles. The molecule has 1 saturated heterocycles. The maximum atomic E-state index is 13.3. The molecule has 1 fully saturated rings. The van der Waals surface area contributed by atoms with Gasteiger partial charge in [0.1, 0.15) is 45.9 Å². The number of nitrogens with zero attached hydrogens (tertiary/aromatic N) is 1. The average Bonchev–Trinajstić information content (AvgIpc) is 3.09. The molecule has 3 unspecified atom stereocenters. The maximum absolute atomic E-state index is 13.3. The van der Waals surface area contributed by atoms with Crippen LogP contribution in [0.2, 0.25) is 0 Å². The molecule has 8 heteroatoms. The highest BCUT2D eigenvalue weighted by atomic mass is 16.4. The van der Waals surface area contributed by atoms with Crippen LogP contribution < -0.4 is 5.43 Å². The Labute approximate surface area is 172 Å². The Morgan fingerprint density at radius 2 is 1.90 bits per heavy atom. The van der Waals surface area contributed by atoms with E-state index in [4.69, 9.17) is 8.83 Å². The van der Waals surface area contributed by atoms with Crippen LogP contribution in [0, 0.1) is 13.8 Å². The molecule has 4 rings (SSSR count). The van der Waals surface area contributed by atoms with Gasteiger partial charge in [-0.05, 0) is 46.0 Å². The van der Waals surface area contributed by atoms with Gasteiger partial charge in [0.25, 0.3) is 0 Å². The highest BCUT2D eigenvalue weighted by Crippen LogP contribution is 2.42.